The number of aromatic nitrogens is 1. The number of benzene rings is 1. The van der Waals surface area contributed by atoms with Crippen LogP contribution in [0.2, 0.25) is 0 Å². The molecule has 1 saturated heterocycles. The van der Waals surface area contributed by atoms with Crippen LogP contribution < -0.4 is 15.0 Å². The van der Waals surface area contributed by atoms with Gasteiger partial charge < -0.3 is 19.7 Å². The van der Waals surface area contributed by atoms with Crippen molar-refractivity contribution in [2.24, 2.45) is 0 Å². The molecular formula is C19H23N3O3. The van der Waals surface area contributed by atoms with Crippen LogP contribution in [0.1, 0.15) is 23.2 Å². The highest BCUT2D eigenvalue weighted by atomic mass is 16.5. The van der Waals surface area contributed by atoms with Gasteiger partial charge in [-0.3, -0.25) is 4.79 Å². The van der Waals surface area contributed by atoms with Gasteiger partial charge >= 0.3 is 0 Å². The molecule has 1 N–H and O–H groups in total. The number of pyridine rings is 1. The number of carbonyl (C=O) groups excluding carboxylic acids is 1. The van der Waals surface area contributed by atoms with Crippen LogP contribution in [0.25, 0.3) is 0 Å². The molecule has 6 nitrogen and oxygen atoms in total. The lowest BCUT2D eigenvalue weighted by atomic mass is 10.2. The van der Waals surface area contributed by atoms with E-state index in [0.717, 1.165) is 25.3 Å². The van der Waals surface area contributed by atoms with Gasteiger partial charge in [0.25, 0.3) is 5.91 Å². The van der Waals surface area contributed by atoms with Gasteiger partial charge in [-0.1, -0.05) is 12.1 Å². The van der Waals surface area contributed by atoms with Crippen LogP contribution in [0, 0.1) is 0 Å². The summed E-state index contributed by atoms with van der Waals surface area (Å²) in [7, 11) is 3.84. The van der Waals surface area contributed by atoms with Crippen molar-refractivity contribution in [1.29, 1.82) is 0 Å². The van der Waals surface area contributed by atoms with Gasteiger partial charge in [0.05, 0.1) is 23.6 Å². The Balaban J connectivity index is 1.66. The van der Waals surface area contributed by atoms with Crippen molar-refractivity contribution >= 4 is 17.4 Å². The third-order valence-electron chi connectivity index (χ3n) is 4.04. The van der Waals surface area contributed by atoms with Gasteiger partial charge in [-0.05, 0) is 37.1 Å². The molecule has 132 valence electrons. The first kappa shape index (κ1) is 17.2. The number of ether oxygens (including phenoxy) is 2. The van der Waals surface area contributed by atoms with E-state index in [9.17, 15) is 4.79 Å². The monoisotopic (exact) mass is 341 g/mol. The van der Waals surface area contributed by atoms with E-state index in [4.69, 9.17) is 9.47 Å². The minimum atomic E-state index is -0.220. The quantitative estimate of drug-likeness (QED) is 0.875. The second kappa shape index (κ2) is 7.98. The minimum absolute atomic E-state index is 0.110. The Bertz CT molecular complexity index is 710. The van der Waals surface area contributed by atoms with E-state index in [1.54, 1.807) is 18.3 Å². The van der Waals surface area contributed by atoms with Crippen LogP contribution >= 0.6 is 0 Å². The highest BCUT2D eigenvalue weighted by Crippen LogP contribution is 2.22. The summed E-state index contributed by atoms with van der Waals surface area (Å²) in [5.41, 5.74) is 1.14. The normalized spacial score (nSPS) is 16.5. The molecule has 25 heavy (non-hydrogen) atoms. The molecule has 1 aromatic carbocycles. The number of rotatable bonds is 6. The zero-order valence-corrected chi connectivity index (χ0v) is 14.6. The third-order valence-corrected chi connectivity index (χ3v) is 4.04. The molecule has 2 aromatic rings. The van der Waals surface area contributed by atoms with Crippen molar-refractivity contribution in [2.75, 3.05) is 37.5 Å². The second-order valence-corrected chi connectivity index (χ2v) is 6.20. The Morgan fingerprint density at radius 3 is 2.84 bits per heavy atom. The lowest BCUT2D eigenvalue weighted by Gasteiger charge is -2.15. The van der Waals surface area contributed by atoms with Crippen LogP contribution in [-0.2, 0) is 4.74 Å². The Morgan fingerprint density at radius 2 is 2.16 bits per heavy atom. The van der Waals surface area contributed by atoms with Crippen molar-refractivity contribution < 1.29 is 14.3 Å². The Morgan fingerprint density at radius 1 is 1.32 bits per heavy atom. The fourth-order valence-corrected chi connectivity index (χ4v) is 2.66. The number of amides is 1. The Kier molecular flexibility index (Phi) is 5.50. The molecule has 1 aliphatic rings. The molecule has 0 saturated carbocycles. The maximum absolute atomic E-state index is 12.6. The van der Waals surface area contributed by atoms with E-state index in [0.29, 0.717) is 23.6 Å². The Labute approximate surface area is 147 Å². The number of anilines is 2. The summed E-state index contributed by atoms with van der Waals surface area (Å²) in [6, 6.07) is 10.9. The van der Waals surface area contributed by atoms with E-state index in [-0.39, 0.29) is 12.0 Å². The molecular weight excluding hydrogens is 318 g/mol. The van der Waals surface area contributed by atoms with Gasteiger partial charge in [-0.25, -0.2) is 4.98 Å². The zero-order chi connectivity index (χ0) is 17.6. The maximum Gasteiger partial charge on any atom is 0.259 e. The summed E-state index contributed by atoms with van der Waals surface area (Å²) in [5.74, 6) is 1.18. The molecule has 1 fully saturated rings. The van der Waals surface area contributed by atoms with Gasteiger partial charge in [-0.15, -0.1) is 0 Å². The summed E-state index contributed by atoms with van der Waals surface area (Å²) >= 11 is 0. The van der Waals surface area contributed by atoms with E-state index in [2.05, 4.69) is 10.3 Å². The van der Waals surface area contributed by atoms with E-state index in [1.165, 1.54) is 0 Å². The summed E-state index contributed by atoms with van der Waals surface area (Å²) < 4.78 is 11.4. The standard InChI is InChI=1S/C19H23N3O3/c1-22(2)18-10-9-14(12-20-18)21-19(23)16-7-3-4-8-17(16)25-13-15-6-5-11-24-15/h3-4,7-10,12,15H,5-6,11,13H2,1-2H3,(H,21,23)/t15-/m1/s1. The molecule has 2 heterocycles. The fraction of sp³-hybridized carbons (Fsp3) is 0.368. The van der Waals surface area contributed by atoms with Crippen molar-refractivity contribution in [3.05, 3.63) is 48.2 Å². The van der Waals surface area contributed by atoms with Crippen molar-refractivity contribution in [1.82, 2.24) is 4.98 Å². The molecule has 6 heteroatoms. The number of para-hydroxylation sites is 1. The SMILES string of the molecule is CN(C)c1ccc(NC(=O)c2ccccc2OC[C@H]2CCCO2)cn1. The smallest absolute Gasteiger partial charge is 0.259 e. The van der Waals surface area contributed by atoms with Gasteiger partial charge in [-0.2, -0.15) is 0 Å². The lowest BCUT2D eigenvalue weighted by Crippen LogP contribution is -2.19. The van der Waals surface area contributed by atoms with E-state index in [1.807, 2.05) is 43.3 Å². The van der Waals surface area contributed by atoms with Gasteiger partial charge in [0.15, 0.2) is 0 Å². The maximum atomic E-state index is 12.6. The van der Waals surface area contributed by atoms with Gasteiger partial charge in [0.1, 0.15) is 18.2 Å². The number of carbonyl (C=O) groups is 1. The predicted octanol–water partition coefficient (Wildman–Crippen LogP) is 2.96. The molecule has 0 aliphatic carbocycles. The summed E-state index contributed by atoms with van der Waals surface area (Å²) in [6.45, 7) is 1.25. The lowest BCUT2D eigenvalue weighted by molar-refractivity contribution is 0.0673. The van der Waals surface area contributed by atoms with Gasteiger partial charge in [0.2, 0.25) is 0 Å². The van der Waals surface area contributed by atoms with Crippen molar-refractivity contribution in [2.45, 2.75) is 18.9 Å². The molecule has 1 aromatic heterocycles. The minimum Gasteiger partial charge on any atom is -0.490 e. The number of nitrogens with zero attached hydrogens (tertiary/aromatic N) is 2. The first-order valence-electron chi connectivity index (χ1n) is 8.41. The van der Waals surface area contributed by atoms with Crippen molar-refractivity contribution in [3.63, 3.8) is 0 Å². The van der Waals surface area contributed by atoms with Crippen LogP contribution in [-0.4, -0.2) is 44.3 Å². The highest BCUT2D eigenvalue weighted by Gasteiger charge is 2.18. The summed E-state index contributed by atoms with van der Waals surface area (Å²) in [6.07, 6.45) is 3.81. The fourth-order valence-electron chi connectivity index (χ4n) is 2.66. The topological polar surface area (TPSA) is 63.7 Å². The largest absolute Gasteiger partial charge is 0.490 e. The number of hydrogen-bond acceptors (Lipinski definition) is 5. The van der Waals surface area contributed by atoms with E-state index >= 15 is 0 Å². The zero-order valence-electron chi connectivity index (χ0n) is 14.6. The number of nitrogens with one attached hydrogen (secondary N) is 1. The summed E-state index contributed by atoms with van der Waals surface area (Å²) in [5, 5.41) is 2.86. The third kappa shape index (κ3) is 4.48. The summed E-state index contributed by atoms with van der Waals surface area (Å²) in [4.78, 5) is 18.8. The molecule has 3 rings (SSSR count). The van der Waals surface area contributed by atoms with Crippen molar-refractivity contribution in [3.8, 4) is 5.75 Å². The molecule has 1 amide bonds. The average Bonchev–Trinajstić information content (AvgIpc) is 3.14. The average molecular weight is 341 g/mol. The Hall–Kier alpha value is -2.60. The van der Waals surface area contributed by atoms with E-state index < -0.39 is 0 Å². The molecule has 1 aliphatic heterocycles. The first-order valence-corrected chi connectivity index (χ1v) is 8.41. The predicted molar refractivity (Wildman–Crippen MR) is 97.4 cm³/mol. The van der Waals surface area contributed by atoms with Crippen LogP contribution in [0.3, 0.4) is 0 Å². The highest BCUT2D eigenvalue weighted by molar-refractivity contribution is 6.06. The number of hydrogen-bond donors (Lipinski definition) is 1. The molecule has 0 unspecified atom stereocenters. The molecule has 0 radical (unpaired) electrons. The second-order valence-electron chi connectivity index (χ2n) is 6.20. The van der Waals surface area contributed by atoms with Crippen LogP contribution in [0.4, 0.5) is 11.5 Å². The molecule has 0 spiro atoms. The molecule has 1 atom stereocenters. The van der Waals surface area contributed by atoms with Crippen LogP contribution in [0.15, 0.2) is 42.6 Å². The van der Waals surface area contributed by atoms with Gasteiger partial charge in [0, 0.05) is 20.7 Å². The molecule has 0 bridgehead atoms. The first-order chi connectivity index (χ1) is 12.1. The van der Waals surface area contributed by atoms with Crippen LogP contribution in [0.5, 0.6) is 5.75 Å².